The van der Waals surface area contributed by atoms with Gasteiger partial charge in [0, 0.05) is 39.3 Å². The van der Waals surface area contributed by atoms with Crippen LogP contribution in [0.3, 0.4) is 0 Å². The average molecular weight is 367 g/mol. The van der Waals surface area contributed by atoms with Gasteiger partial charge in [-0.15, -0.1) is 0 Å². The maximum atomic E-state index is 12.4. The summed E-state index contributed by atoms with van der Waals surface area (Å²) < 4.78 is 5.20. The van der Waals surface area contributed by atoms with Crippen molar-refractivity contribution in [3.63, 3.8) is 0 Å². The van der Waals surface area contributed by atoms with E-state index in [-0.39, 0.29) is 6.03 Å². The summed E-state index contributed by atoms with van der Waals surface area (Å²) in [5, 5.41) is 3.05. The number of aryl methyl sites for hydroxylation is 1. The Bertz CT molecular complexity index is 737. The van der Waals surface area contributed by atoms with Gasteiger partial charge in [0.15, 0.2) is 0 Å². The molecule has 27 heavy (non-hydrogen) atoms. The third kappa shape index (κ3) is 5.47. The highest BCUT2D eigenvalue weighted by atomic mass is 16.5. The molecule has 0 saturated carbocycles. The molecule has 1 saturated heterocycles. The zero-order chi connectivity index (χ0) is 19.1. The molecule has 144 valence electrons. The molecular formula is C22H29N3O2. The number of benzene rings is 2. The first-order valence-corrected chi connectivity index (χ1v) is 9.58. The molecule has 3 rings (SSSR count). The lowest BCUT2D eigenvalue weighted by Crippen LogP contribution is -2.51. The van der Waals surface area contributed by atoms with Gasteiger partial charge in [0.25, 0.3) is 0 Å². The molecule has 1 aliphatic heterocycles. The summed E-state index contributed by atoms with van der Waals surface area (Å²) in [6.07, 6.45) is 1.02. The van der Waals surface area contributed by atoms with E-state index < -0.39 is 0 Å². The number of carbonyl (C=O) groups excluding carboxylic acids is 1. The Morgan fingerprint density at radius 2 is 1.74 bits per heavy atom. The number of carbonyl (C=O) groups is 1. The maximum absolute atomic E-state index is 12.4. The molecule has 2 aromatic carbocycles. The van der Waals surface area contributed by atoms with Gasteiger partial charge in [-0.05, 0) is 42.2 Å². The predicted octanol–water partition coefficient (Wildman–Crippen LogP) is 3.07. The Hall–Kier alpha value is -2.53. The smallest absolute Gasteiger partial charge is 0.317 e. The number of amides is 2. The van der Waals surface area contributed by atoms with Crippen molar-refractivity contribution >= 4 is 6.03 Å². The fraction of sp³-hybridized carbons (Fsp3) is 0.409. The van der Waals surface area contributed by atoms with E-state index in [1.54, 1.807) is 7.11 Å². The summed E-state index contributed by atoms with van der Waals surface area (Å²) in [7, 11) is 1.69. The van der Waals surface area contributed by atoms with Crippen LogP contribution in [-0.4, -0.2) is 55.7 Å². The third-order valence-corrected chi connectivity index (χ3v) is 5.23. The Morgan fingerprint density at radius 1 is 1.04 bits per heavy atom. The highest BCUT2D eigenvalue weighted by molar-refractivity contribution is 5.74. The lowest BCUT2D eigenvalue weighted by atomic mass is 10.1. The average Bonchev–Trinajstić information content (AvgIpc) is 2.72. The molecular weight excluding hydrogens is 338 g/mol. The van der Waals surface area contributed by atoms with Crippen LogP contribution in [0.1, 0.15) is 16.7 Å². The highest BCUT2D eigenvalue weighted by Gasteiger charge is 2.20. The summed E-state index contributed by atoms with van der Waals surface area (Å²) in [6, 6.07) is 16.4. The second kappa shape index (κ2) is 9.42. The summed E-state index contributed by atoms with van der Waals surface area (Å²) in [5.41, 5.74) is 3.69. The first-order valence-electron chi connectivity index (χ1n) is 9.58. The van der Waals surface area contributed by atoms with E-state index in [2.05, 4.69) is 41.4 Å². The van der Waals surface area contributed by atoms with Crippen LogP contribution in [0.4, 0.5) is 4.79 Å². The zero-order valence-corrected chi connectivity index (χ0v) is 16.3. The van der Waals surface area contributed by atoms with Crippen LogP contribution < -0.4 is 10.1 Å². The molecule has 1 aliphatic rings. The van der Waals surface area contributed by atoms with E-state index in [0.717, 1.165) is 44.9 Å². The number of piperazine rings is 1. The van der Waals surface area contributed by atoms with Gasteiger partial charge in [-0.1, -0.05) is 36.4 Å². The highest BCUT2D eigenvalue weighted by Crippen LogP contribution is 2.13. The van der Waals surface area contributed by atoms with Crippen molar-refractivity contribution < 1.29 is 9.53 Å². The third-order valence-electron chi connectivity index (χ3n) is 5.23. The lowest BCUT2D eigenvalue weighted by Gasteiger charge is -2.34. The van der Waals surface area contributed by atoms with Crippen molar-refractivity contribution in [1.82, 2.24) is 15.1 Å². The van der Waals surface area contributed by atoms with Gasteiger partial charge in [0.1, 0.15) is 5.75 Å². The molecule has 0 spiro atoms. The van der Waals surface area contributed by atoms with Crippen LogP contribution in [0.15, 0.2) is 48.5 Å². The van der Waals surface area contributed by atoms with Crippen LogP contribution in [0, 0.1) is 6.92 Å². The van der Waals surface area contributed by atoms with Crippen LogP contribution in [-0.2, 0) is 13.0 Å². The van der Waals surface area contributed by atoms with Crippen molar-refractivity contribution in [3.8, 4) is 5.75 Å². The Kier molecular flexibility index (Phi) is 6.71. The summed E-state index contributed by atoms with van der Waals surface area (Å²) in [6.45, 7) is 7.09. The largest absolute Gasteiger partial charge is 0.497 e. The van der Waals surface area contributed by atoms with Gasteiger partial charge in [0.05, 0.1) is 7.11 Å². The van der Waals surface area contributed by atoms with E-state index in [1.165, 1.54) is 16.7 Å². The number of methoxy groups -OCH3 is 1. The van der Waals surface area contributed by atoms with Gasteiger partial charge in [-0.3, -0.25) is 4.90 Å². The fourth-order valence-electron chi connectivity index (χ4n) is 3.35. The SMILES string of the molecule is COc1ccc(CCN2CCN(C(=O)NCc3ccccc3C)CC2)cc1. The Labute approximate surface area is 161 Å². The molecule has 2 aromatic rings. The standard InChI is InChI=1S/C22H29N3O2/c1-18-5-3-4-6-20(18)17-23-22(26)25-15-13-24(14-16-25)12-11-19-7-9-21(27-2)10-8-19/h3-10H,11-17H2,1-2H3,(H,23,26). The van der Waals surface area contributed by atoms with Gasteiger partial charge >= 0.3 is 6.03 Å². The topological polar surface area (TPSA) is 44.8 Å². The van der Waals surface area contributed by atoms with Gasteiger partial charge in [-0.2, -0.15) is 0 Å². The molecule has 0 atom stereocenters. The molecule has 5 heteroatoms. The molecule has 0 aromatic heterocycles. The monoisotopic (exact) mass is 367 g/mol. The first-order chi connectivity index (χ1) is 13.2. The quantitative estimate of drug-likeness (QED) is 0.853. The van der Waals surface area contributed by atoms with Gasteiger partial charge in [-0.25, -0.2) is 4.79 Å². The van der Waals surface area contributed by atoms with E-state index in [0.29, 0.717) is 6.54 Å². The summed E-state index contributed by atoms with van der Waals surface area (Å²) >= 11 is 0. The molecule has 0 aliphatic carbocycles. The normalized spacial score (nSPS) is 14.8. The van der Waals surface area contributed by atoms with Crippen molar-refractivity contribution in [2.45, 2.75) is 19.9 Å². The molecule has 1 N–H and O–H groups in total. The minimum absolute atomic E-state index is 0.0352. The van der Waals surface area contributed by atoms with Crippen molar-refractivity contribution in [2.75, 3.05) is 39.8 Å². The maximum Gasteiger partial charge on any atom is 0.317 e. The van der Waals surface area contributed by atoms with Crippen molar-refractivity contribution in [2.24, 2.45) is 0 Å². The van der Waals surface area contributed by atoms with Crippen molar-refractivity contribution in [3.05, 3.63) is 65.2 Å². The minimum atomic E-state index is 0.0352. The van der Waals surface area contributed by atoms with Crippen LogP contribution in [0.25, 0.3) is 0 Å². The van der Waals surface area contributed by atoms with E-state index >= 15 is 0 Å². The number of nitrogens with one attached hydrogen (secondary N) is 1. The molecule has 5 nitrogen and oxygen atoms in total. The molecule has 1 fully saturated rings. The number of ether oxygens (including phenoxy) is 1. The minimum Gasteiger partial charge on any atom is -0.497 e. The second-order valence-electron chi connectivity index (χ2n) is 7.01. The van der Waals surface area contributed by atoms with E-state index in [4.69, 9.17) is 4.74 Å². The molecule has 1 heterocycles. The zero-order valence-electron chi connectivity index (χ0n) is 16.3. The number of rotatable bonds is 6. The predicted molar refractivity (Wildman–Crippen MR) is 108 cm³/mol. The van der Waals surface area contributed by atoms with E-state index in [9.17, 15) is 4.79 Å². The number of hydrogen-bond acceptors (Lipinski definition) is 3. The molecule has 0 radical (unpaired) electrons. The fourth-order valence-corrected chi connectivity index (χ4v) is 3.35. The van der Waals surface area contributed by atoms with Crippen LogP contribution in [0.5, 0.6) is 5.75 Å². The second-order valence-corrected chi connectivity index (χ2v) is 7.01. The molecule has 0 unspecified atom stereocenters. The molecule has 2 amide bonds. The number of hydrogen-bond donors (Lipinski definition) is 1. The Morgan fingerprint density at radius 3 is 2.41 bits per heavy atom. The molecule has 0 bridgehead atoms. The van der Waals surface area contributed by atoms with Crippen molar-refractivity contribution in [1.29, 1.82) is 0 Å². The van der Waals surface area contributed by atoms with Gasteiger partial charge in [0.2, 0.25) is 0 Å². The van der Waals surface area contributed by atoms with E-state index in [1.807, 2.05) is 29.2 Å². The van der Waals surface area contributed by atoms with Crippen LogP contribution >= 0.6 is 0 Å². The number of urea groups is 1. The first kappa shape index (κ1) is 19.2. The summed E-state index contributed by atoms with van der Waals surface area (Å²) in [4.78, 5) is 16.8. The van der Waals surface area contributed by atoms with Crippen LogP contribution in [0.2, 0.25) is 0 Å². The summed E-state index contributed by atoms with van der Waals surface area (Å²) in [5.74, 6) is 0.893. The Balaban J connectivity index is 1.39. The lowest BCUT2D eigenvalue weighted by molar-refractivity contribution is 0.140. The van der Waals surface area contributed by atoms with Gasteiger partial charge < -0.3 is 15.0 Å². The number of nitrogens with zero attached hydrogens (tertiary/aromatic N) is 2.